The number of nitrogens with zero attached hydrogens (tertiary/aromatic N) is 1. The lowest BCUT2D eigenvalue weighted by Crippen LogP contribution is -2.06. The van der Waals surface area contributed by atoms with E-state index in [1.54, 1.807) is 6.92 Å². The second kappa shape index (κ2) is 4.00. The van der Waals surface area contributed by atoms with E-state index < -0.39 is 5.97 Å². The quantitative estimate of drug-likeness (QED) is 0.575. The number of hydrogen-bond donors (Lipinski definition) is 1. The van der Waals surface area contributed by atoms with Crippen molar-refractivity contribution in [3.63, 3.8) is 0 Å². The predicted octanol–water partition coefficient (Wildman–Crippen LogP) is 0.864. The molecule has 0 aliphatic carbocycles. The van der Waals surface area contributed by atoms with Crippen LogP contribution in [0, 0.1) is 10.8 Å². The summed E-state index contributed by atoms with van der Waals surface area (Å²) >= 11 is 0. The van der Waals surface area contributed by atoms with Crippen LogP contribution in [0.5, 0.6) is 0 Å². The minimum atomic E-state index is -0.883. The number of carboxylic acid groups (broad SMARTS) is 1. The molecule has 9 heavy (non-hydrogen) atoms. The molecule has 0 saturated carbocycles. The van der Waals surface area contributed by atoms with Gasteiger partial charge in [-0.1, -0.05) is 12.1 Å². The van der Waals surface area contributed by atoms with E-state index in [-0.39, 0.29) is 18.9 Å². The molecule has 0 amide bonds. The molecule has 0 aromatic carbocycles. The summed E-state index contributed by atoms with van der Waals surface area (Å²) in [5.74, 6) is -1.02. The van der Waals surface area contributed by atoms with E-state index in [9.17, 15) is 9.70 Å². The van der Waals surface area contributed by atoms with Crippen molar-refractivity contribution in [2.24, 2.45) is 11.1 Å². The highest BCUT2D eigenvalue weighted by Crippen LogP contribution is 2.00. The summed E-state index contributed by atoms with van der Waals surface area (Å²) in [5.41, 5.74) is 0. The normalized spacial score (nSPS) is 12.6. The fourth-order valence-corrected chi connectivity index (χ4v) is 0.490. The van der Waals surface area contributed by atoms with E-state index in [2.05, 4.69) is 5.18 Å². The molecular formula is C5H9NO3. The Morgan fingerprint density at radius 1 is 1.78 bits per heavy atom. The first kappa shape index (κ1) is 8.07. The molecule has 0 aromatic rings. The summed E-state index contributed by atoms with van der Waals surface area (Å²) in [7, 11) is 0. The first-order valence-corrected chi connectivity index (χ1v) is 2.67. The molecule has 4 heteroatoms. The van der Waals surface area contributed by atoms with Crippen molar-refractivity contribution >= 4 is 5.97 Å². The third kappa shape index (κ3) is 4.93. The van der Waals surface area contributed by atoms with Gasteiger partial charge >= 0.3 is 5.97 Å². The van der Waals surface area contributed by atoms with E-state index in [4.69, 9.17) is 5.11 Å². The van der Waals surface area contributed by atoms with Crippen LogP contribution in [-0.2, 0) is 4.79 Å². The molecular weight excluding hydrogens is 122 g/mol. The highest BCUT2D eigenvalue weighted by atomic mass is 16.4. The number of nitroso groups, excluding NO2 is 1. The molecule has 0 spiro atoms. The molecule has 0 radical (unpaired) electrons. The van der Waals surface area contributed by atoms with Gasteiger partial charge in [0, 0.05) is 6.42 Å². The van der Waals surface area contributed by atoms with Crippen LogP contribution in [0.4, 0.5) is 0 Å². The maximum atomic E-state index is 9.94. The lowest BCUT2D eigenvalue weighted by Gasteiger charge is -1.99. The summed E-state index contributed by atoms with van der Waals surface area (Å²) in [6, 6.07) is 0. The summed E-state index contributed by atoms with van der Waals surface area (Å²) < 4.78 is 0. The Balaban J connectivity index is 3.37. The maximum Gasteiger partial charge on any atom is 0.303 e. The van der Waals surface area contributed by atoms with E-state index in [1.807, 2.05) is 0 Å². The summed E-state index contributed by atoms with van der Waals surface area (Å²) in [5, 5.41) is 10.7. The van der Waals surface area contributed by atoms with E-state index >= 15 is 0 Å². The Kier molecular flexibility index (Phi) is 3.59. The lowest BCUT2D eigenvalue weighted by atomic mass is 10.1. The van der Waals surface area contributed by atoms with Gasteiger partial charge < -0.3 is 5.11 Å². The van der Waals surface area contributed by atoms with Crippen molar-refractivity contribution in [3.8, 4) is 0 Å². The monoisotopic (exact) mass is 131 g/mol. The molecule has 0 saturated heterocycles. The predicted molar refractivity (Wildman–Crippen MR) is 32.1 cm³/mol. The SMILES string of the molecule is CC(CN=O)CC(=O)O. The van der Waals surface area contributed by atoms with Crippen molar-refractivity contribution in [2.45, 2.75) is 13.3 Å². The molecule has 0 aliphatic rings. The van der Waals surface area contributed by atoms with Gasteiger partial charge in [-0.25, -0.2) is 0 Å². The van der Waals surface area contributed by atoms with Crippen LogP contribution in [0.15, 0.2) is 5.18 Å². The molecule has 0 bridgehead atoms. The average molecular weight is 131 g/mol. The van der Waals surface area contributed by atoms with Crippen LogP contribution in [0.2, 0.25) is 0 Å². The number of aliphatic carboxylic acids is 1. The average Bonchev–Trinajstić information content (AvgIpc) is 1.63. The Bertz CT molecular complexity index is 113. The topological polar surface area (TPSA) is 66.7 Å². The van der Waals surface area contributed by atoms with Crippen LogP contribution in [0.1, 0.15) is 13.3 Å². The molecule has 0 rings (SSSR count). The molecule has 0 aromatic heterocycles. The first-order chi connectivity index (χ1) is 4.16. The Morgan fingerprint density at radius 2 is 2.33 bits per heavy atom. The zero-order valence-electron chi connectivity index (χ0n) is 5.20. The second-order valence-electron chi connectivity index (χ2n) is 2.01. The summed E-state index contributed by atoms with van der Waals surface area (Å²) in [4.78, 5) is 19.5. The Hall–Kier alpha value is -0.930. The molecule has 4 nitrogen and oxygen atoms in total. The van der Waals surface area contributed by atoms with Crippen LogP contribution < -0.4 is 0 Å². The lowest BCUT2D eigenvalue weighted by molar-refractivity contribution is -0.137. The van der Waals surface area contributed by atoms with E-state index in [0.29, 0.717) is 0 Å². The molecule has 0 heterocycles. The molecule has 1 unspecified atom stereocenters. The van der Waals surface area contributed by atoms with Crippen LogP contribution in [-0.4, -0.2) is 17.6 Å². The van der Waals surface area contributed by atoms with Crippen molar-refractivity contribution in [1.82, 2.24) is 0 Å². The zero-order valence-corrected chi connectivity index (χ0v) is 5.20. The smallest absolute Gasteiger partial charge is 0.303 e. The van der Waals surface area contributed by atoms with Gasteiger partial charge in [0.25, 0.3) is 0 Å². The first-order valence-electron chi connectivity index (χ1n) is 2.67. The van der Waals surface area contributed by atoms with Gasteiger partial charge in [-0.05, 0) is 5.92 Å². The van der Waals surface area contributed by atoms with Crippen LogP contribution in [0.25, 0.3) is 0 Å². The highest BCUT2D eigenvalue weighted by molar-refractivity contribution is 5.66. The summed E-state index contributed by atoms with van der Waals surface area (Å²) in [6.07, 6.45) is 0.0196. The van der Waals surface area contributed by atoms with Gasteiger partial charge in [-0.2, -0.15) is 4.91 Å². The fourth-order valence-electron chi connectivity index (χ4n) is 0.490. The third-order valence-electron chi connectivity index (χ3n) is 0.909. The van der Waals surface area contributed by atoms with Gasteiger partial charge in [-0.3, -0.25) is 4.79 Å². The van der Waals surface area contributed by atoms with E-state index in [1.165, 1.54) is 0 Å². The number of rotatable bonds is 4. The molecule has 52 valence electrons. The Morgan fingerprint density at radius 3 is 2.67 bits per heavy atom. The standard InChI is InChI=1S/C5H9NO3/c1-4(3-6-9)2-5(7)8/h4H,2-3H2,1H3,(H,7,8). The zero-order chi connectivity index (χ0) is 7.28. The fraction of sp³-hybridized carbons (Fsp3) is 0.800. The van der Waals surface area contributed by atoms with Gasteiger partial charge in [0.05, 0.1) is 6.54 Å². The highest BCUT2D eigenvalue weighted by Gasteiger charge is 2.05. The van der Waals surface area contributed by atoms with Crippen molar-refractivity contribution in [3.05, 3.63) is 4.91 Å². The van der Waals surface area contributed by atoms with Crippen molar-refractivity contribution in [1.29, 1.82) is 0 Å². The molecule has 1 atom stereocenters. The second-order valence-corrected chi connectivity index (χ2v) is 2.01. The minimum absolute atomic E-state index is 0.0196. The molecule has 0 aliphatic heterocycles. The molecule has 1 N–H and O–H groups in total. The van der Waals surface area contributed by atoms with Crippen LogP contribution in [0.3, 0.4) is 0 Å². The van der Waals surface area contributed by atoms with Gasteiger partial charge in [0.1, 0.15) is 0 Å². The number of carboxylic acids is 1. The minimum Gasteiger partial charge on any atom is -0.481 e. The third-order valence-corrected chi connectivity index (χ3v) is 0.909. The largest absolute Gasteiger partial charge is 0.481 e. The number of carbonyl (C=O) groups is 1. The van der Waals surface area contributed by atoms with Crippen molar-refractivity contribution in [2.75, 3.05) is 6.54 Å². The summed E-state index contributed by atoms with van der Waals surface area (Å²) in [6.45, 7) is 1.77. The van der Waals surface area contributed by atoms with E-state index in [0.717, 1.165) is 0 Å². The van der Waals surface area contributed by atoms with Gasteiger partial charge in [-0.15, -0.1) is 0 Å². The molecule has 0 fully saturated rings. The van der Waals surface area contributed by atoms with Gasteiger partial charge in [0.2, 0.25) is 0 Å². The Labute approximate surface area is 52.8 Å². The van der Waals surface area contributed by atoms with Crippen molar-refractivity contribution < 1.29 is 9.90 Å². The van der Waals surface area contributed by atoms with Gasteiger partial charge in [0.15, 0.2) is 0 Å². The maximum absolute atomic E-state index is 9.94. The number of hydrogen-bond acceptors (Lipinski definition) is 3. The van der Waals surface area contributed by atoms with Crippen LogP contribution >= 0.6 is 0 Å².